The Morgan fingerprint density at radius 3 is 2.80 bits per heavy atom. The molecule has 1 aromatic carbocycles. The Bertz CT molecular complexity index is 922. The number of hydrogen-bond donors (Lipinski definition) is 2. The molecule has 1 saturated heterocycles. The first-order valence-electron chi connectivity index (χ1n) is 8.29. The number of aromatic nitrogens is 3. The molecule has 0 radical (unpaired) electrons. The summed E-state index contributed by atoms with van der Waals surface area (Å²) in [6, 6.07) is 10.0. The van der Waals surface area contributed by atoms with Crippen molar-refractivity contribution in [3.8, 4) is 11.1 Å². The lowest BCUT2D eigenvalue weighted by Crippen LogP contribution is -2.39. The number of benzene rings is 1. The van der Waals surface area contributed by atoms with Crippen LogP contribution in [0.2, 0.25) is 0 Å². The van der Waals surface area contributed by atoms with Crippen molar-refractivity contribution in [2.24, 2.45) is 0 Å². The topological polar surface area (TPSA) is 97.3 Å². The van der Waals surface area contributed by atoms with Crippen molar-refractivity contribution in [2.75, 3.05) is 18.8 Å². The van der Waals surface area contributed by atoms with E-state index in [0.29, 0.717) is 18.9 Å². The lowest BCUT2D eigenvalue weighted by Gasteiger charge is -2.31. The van der Waals surface area contributed by atoms with Gasteiger partial charge in [-0.25, -0.2) is 14.8 Å². The van der Waals surface area contributed by atoms with Crippen molar-refractivity contribution in [3.63, 3.8) is 0 Å². The molecule has 128 valence electrons. The van der Waals surface area contributed by atoms with E-state index in [2.05, 4.69) is 14.5 Å². The minimum absolute atomic E-state index is 0.0408. The van der Waals surface area contributed by atoms with Crippen molar-refractivity contribution >= 4 is 22.9 Å². The first-order chi connectivity index (χ1) is 12.1. The van der Waals surface area contributed by atoms with Crippen molar-refractivity contribution in [3.05, 3.63) is 42.9 Å². The Morgan fingerprint density at radius 1 is 1.24 bits per heavy atom. The van der Waals surface area contributed by atoms with Crippen LogP contribution in [0.3, 0.4) is 0 Å². The van der Waals surface area contributed by atoms with E-state index >= 15 is 0 Å². The first-order valence-corrected chi connectivity index (χ1v) is 8.29. The quantitative estimate of drug-likeness (QED) is 0.749. The molecule has 2 aromatic heterocycles. The van der Waals surface area contributed by atoms with Gasteiger partial charge in [-0.05, 0) is 18.4 Å². The van der Waals surface area contributed by atoms with E-state index in [1.807, 2.05) is 36.5 Å². The maximum Gasteiger partial charge on any atom is 0.407 e. The number of anilines is 1. The molecule has 1 aliphatic heterocycles. The van der Waals surface area contributed by atoms with Gasteiger partial charge in [0, 0.05) is 24.8 Å². The summed E-state index contributed by atoms with van der Waals surface area (Å²) in [5.74, 6) is 0.438. The summed E-state index contributed by atoms with van der Waals surface area (Å²) in [5, 5.41) is 10.1. The fourth-order valence-corrected chi connectivity index (χ4v) is 3.58. The average molecular weight is 337 g/mol. The number of hydrogen-bond acceptors (Lipinski definition) is 4. The molecule has 0 spiro atoms. The van der Waals surface area contributed by atoms with Crippen molar-refractivity contribution in [1.82, 2.24) is 19.4 Å². The predicted octanol–water partition coefficient (Wildman–Crippen LogP) is 3.00. The van der Waals surface area contributed by atoms with Gasteiger partial charge in [-0.15, -0.1) is 0 Å². The molecule has 7 nitrogen and oxygen atoms in total. The molecule has 1 unspecified atom stereocenters. The molecule has 3 aromatic rings. The maximum absolute atomic E-state index is 11.3. The van der Waals surface area contributed by atoms with Crippen molar-refractivity contribution in [1.29, 1.82) is 0 Å². The van der Waals surface area contributed by atoms with Gasteiger partial charge >= 0.3 is 6.09 Å². The molecule has 4 rings (SSSR count). The van der Waals surface area contributed by atoms with Crippen molar-refractivity contribution < 1.29 is 9.90 Å². The zero-order valence-electron chi connectivity index (χ0n) is 13.7. The zero-order valence-corrected chi connectivity index (χ0v) is 13.7. The first kappa shape index (κ1) is 15.4. The number of rotatable bonds is 2. The molecule has 25 heavy (non-hydrogen) atoms. The summed E-state index contributed by atoms with van der Waals surface area (Å²) in [4.78, 5) is 21.4. The molecule has 1 atom stereocenters. The van der Waals surface area contributed by atoms with Gasteiger partial charge in [0.05, 0.1) is 11.4 Å². The minimum atomic E-state index is -0.876. The molecule has 1 amide bonds. The highest BCUT2D eigenvalue weighted by molar-refractivity contribution is 6.00. The standard InChI is InChI=1S/C18H19N5O2/c19-16-15-14(12-5-2-1-3-6-12)10-23(17(15)21-11-20-16)13-7-4-8-22(9-13)18(24)25/h1-3,5-6,10-11,13H,4,7-9H2,(H,24,25)(H2,19,20,21). The van der Waals surface area contributed by atoms with Crippen LogP contribution in [0, 0.1) is 0 Å². The smallest absolute Gasteiger partial charge is 0.407 e. The SMILES string of the molecule is Nc1ncnc2c1c(-c1ccccc1)cn2C1CCCN(C(=O)O)C1. The third-order valence-electron chi connectivity index (χ3n) is 4.78. The number of amides is 1. The third kappa shape index (κ3) is 2.67. The van der Waals surface area contributed by atoms with Gasteiger partial charge in [0.25, 0.3) is 0 Å². The van der Waals surface area contributed by atoms with E-state index in [9.17, 15) is 9.90 Å². The third-order valence-corrected chi connectivity index (χ3v) is 4.78. The fraction of sp³-hybridized carbons (Fsp3) is 0.278. The van der Waals surface area contributed by atoms with Crippen LogP contribution in [0.25, 0.3) is 22.2 Å². The summed E-state index contributed by atoms with van der Waals surface area (Å²) < 4.78 is 2.06. The van der Waals surface area contributed by atoms with Gasteiger partial charge in [0.2, 0.25) is 0 Å². The van der Waals surface area contributed by atoms with Crippen LogP contribution < -0.4 is 5.73 Å². The van der Waals surface area contributed by atoms with E-state index < -0.39 is 6.09 Å². The summed E-state index contributed by atoms with van der Waals surface area (Å²) in [7, 11) is 0. The normalized spacial score (nSPS) is 17.8. The Balaban J connectivity index is 1.85. The van der Waals surface area contributed by atoms with Crippen LogP contribution in [-0.4, -0.2) is 43.7 Å². The van der Waals surface area contributed by atoms with Crippen LogP contribution in [0.5, 0.6) is 0 Å². The predicted molar refractivity (Wildman–Crippen MR) is 95.2 cm³/mol. The molecule has 3 heterocycles. The molecule has 7 heteroatoms. The van der Waals surface area contributed by atoms with Gasteiger partial charge in [0.1, 0.15) is 17.8 Å². The highest BCUT2D eigenvalue weighted by atomic mass is 16.4. The number of carboxylic acid groups (broad SMARTS) is 1. The van der Waals surface area contributed by atoms with E-state index in [1.165, 1.54) is 11.2 Å². The number of piperidine rings is 1. The number of carbonyl (C=O) groups is 1. The Labute approximate surface area is 144 Å². The van der Waals surface area contributed by atoms with Crippen LogP contribution >= 0.6 is 0 Å². The second-order valence-electron chi connectivity index (χ2n) is 6.30. The highest BCUT2D eigenvalue weighted by Crippen LogP contribution is 2.35. The van der Waals surface area contributed by atoms with Gasteiger partial charge in [-0.1, -0.05) is 30.3 Å². The molecule has 1 aliphatic rings. The highest BCUT2D eigenvalue weighted by Gasteiger charge is 2.27. The Hall–Kier alpha value is -3.09. The van der Waals surface area contributed by atoms with E-state index in [-0.39, 0.29) is 6.04 Å². The lowest BCUT2D eigenvalue weighted by molar-refractivity contribution is 0.122. The summed E-state index contributed by atoms with van der Waals surface area (Å²) in [5.41, 5.74) is 8.91. The molecule has 3 N–H and O–H groups in total. The second kappa shape index (κ2) is 6.08. The Kier molecular flexibility index (Phi) is 3.76. The minimum Gasteiger partial charge on any atom is -0.465 e. The van der Waals surface area contributed by atoms with Gasteiger partial charge < -0.3 is 20.3 Å². The van der Waals surface area contributed by atoms with Gasteiger partial charge in [-0.2, -0.15) is 0 Å². The summed E-state index contributed by atoms with van der Waals surface area (Å²) >= 11 is 0. The Morgan fingerprint density at radius 2 is 2.04 bits per heavy atom. The second-order valence-corrected chi connectivity index (χ2v) is 6.30. The van der Waals surface area contributed by atoms with Crippen LogP contribution in [0.15, 0.2) is 42.9 Å². The molecule has 0 saturated carbocycles. The molecule has 1 fully saturated rings. The van der Waals surface area contributed by atoms with E-state index in [0.717, 1.165) is 35.0 Å². The van der Waals surface area contributed by atoms with E-state index in [1.54, 1.807) is 0 Å². The number of nitrogen functional groups attached to an aromatic ring is 1. The lowest BCUT2D eigenvalue weighted by atomic mass is 10.1. The molecule has 0 aliphatic carbocycles. The van der Waals surface area contributed by atoms with Crippen LogP contribution in [0.4, 0.5) is 10.6 Å². The van der Waals surface area contributed by atoms with E-state index in [4.69, 9.17) is 5.73 Å². The number of fused-ring (bicyclic) bond motifs is 1. The van der Waals surface area contributed by atoms with Gasteiger partial charge in [0.15, 0.2) is 0 Å². The number of nitrogens with two attached hydrogens (primary N) is 1. The monoisotopic (exact) mass is 337 g/mol. The molecule has 0 bridgehead atoms. The zero-order chi connectivity index (χ0) is 17.4. The van der Waals surface area contributed by atoms with Crippen molar-refractivity contribution in [2.45, 2.75) is 18.9 Å². The van der Waals surface area contributed by atoms with Gasteiger partial charge in [-0.3, -0.25) is 0 Å². The maximum atomic E-state index is 11.3. The summed E-state index contributed by atoms with van der Waals surface area (Å²) in [6.45, 7) is 1.03. The van der Waals surface area contributed by atoms with Crippen LogP contribution in [0.1, 0.15) is 18.9 Å². The number of likely N-dealkylation sites (tertiary alicyclic amines) is 1. The average Bonchev–Trinajstić information content (AvgIpc) is 3.04. The van der Waals surface area contributed by atoms with Crippen LogP contribution in [-0.2, 0) is 0 Å². The molecular weight excluding hydrogens is 318 g/mol. The fourth-order valence-electron chi connectivity index (χ4n) is 3.58. The largest absolute Gasteiger partial charge is 0.465 e. The number of nitrogens with zero attached hydrogens (tertiary/aromatic N) is 4. The molecular formula is C18H19N5O2. The summed E-state index contributed by atoms with van der Waals surface area (Å²) in [6.07, 6.45) is 4.35.